The number of hydrogen-bond donors (Lipinski definition) is 3. The molecular formula is C21H30O3. The quantitative estimate of drug-likeness (QED) is 0.472. The SMILES string of the molecule is C#C[C@]1(O)CC[C@H]2[C@@H]3[C@H](C)[C@@H](O)C4=C[C@H](O)CCC4[C@H]3CC[C@@]21C. The van der Waals surface area contributed by atoms with Gasteiger partial charge in [-0.05, 0) is 73.7 Å². The molecule has 0 amide bonds. The predicted molar refractivity (Wildman–Crippen MR) is 92.8 cm³/mol. The van der Waals surface area contributed by atoms with E-state index in [4.69, 9.17) is 6.42 Å². The topological polar surface area (TPSA) is 60.7 Å². The minimum atomic E-state index is -0.994. The zero-order chi connectivity index (χ0) is 17.3. The Morgan fingerprint density at radius 1 is 1.17 bits per heavy atom. The summed E-state index contributed by atoms with van der Waals surface area (Å²) in [5.41, 5.74) is -0.144. The summed E-state index contributed by atoms with van der Waals surface area (Å²) in [6.07, 6.45) is 12.2. The molecule has 4 rings (SSSR count). The van der Waals surface area contributed by atoms with E-state index in [9.17, 15) is 15.3 Å². The van der Waals surface area contributed by atoms with Gasteiger partial charge in [0.05, 0.1) is 12.2 Å². The molecule has 24 heavy (non-hydrogen) atoms. The maximum absolute atomic E-state index is 11.0. The molecule has 0 aromatic heterocycles. The van der Waals surface area contributed by atoms with Crippen LogP contribution in [0.2, 0.25) is 0 Å². The van der Waals surface area contributed by atoms with Crippen LogP contribution in [0.4, 0.5) is 0 Å². The van der Waals surface area contributed by atoms with E-state index in [0.29, 0.717) is 30.1 Å². The van der Waals surface area contributed by atoms with E-state index >= 15 is 0 Å². The van der Waals surface area contributed by atoms with Crippen LogP contribution in [-0.4, -0.2) is 33.1 Å². The van der Waals surface area contributed by atoms with Crippen LogP contribution in [0.15, 0.2) is 11.6 Å². The number of terminal acetylenes is 1. The molecule has 3 fully saturated rings. The second-order valence-corrected chi connectivity index (χ2v) is 9.07. The number of aliphatic hydroxyl groups excluding tert-OH is 2. The van der Waals surface area contributed by atoms with Gasteiger partial charge in [0, 0.05) is 5.41 Å². The lowest BCUT2D eigenvalue weighted by molar-refractivity contribution is -0.117. The Hall–Kier alpha value is -0.820. The van der Waals surface area contributed by atoms with Crippen molar-refractivity contribution in [3.8, 4) is 12.3 Å². The van der Waals surface area contributed by atoms with Crippen LogP contribution in [0, 0.1) is 47.3 Å². The van der Waals surface area contributed by atoms with Crippen LogP contribution in [0.25, 0.3) is 0 Å². The van der Waals surface area contributed by atoms with E-state index in [1.807, 2.05) is 6.08 Å². The van der Waals surface area contributed by atoms with Gasteiger partial charge < -0.3 is 15.3 Å². The van der Waals surface area contributed by atoms with Gasteiger partial charge in [0.2, 0.25) is 0 Å². The Labute approximate surface area is 145 Å². The summed E-state index contributed by atoms with van der Waals surface area (Å²) in [5, 5.41) is 32.0. The zero-order valence-electron chi connectivity index (χ0n) is 14.8. The van der Waals surface area contributed by atoms with Crippen molar-refractivity contribution >= 4 is 0 Å². The van der Waals surface area contributed by atoms with Crippen molar-refractivity contribution in [3.05, 3.63) is 11.6 Å². The van der Waals surface area contributed by atoms with Crippen LogP contribution >= 0.6 is 0 Å². The second-order valence-electron chi connectivity index (χ2n) is 9.07. The number of rotatable bonds is 0. The lowest BCUT2D eigenvalue weighted by atomic mass is 9.48. The Morgan fingerprint density at radius 3 is 2.62 bits per heavy atom. The number of aliphatic hydroxyl groups is 3. The van der Waals surface area contributed by atoms with Gasteiger partial charge in [-0.25, -0.2) is 0 Å². The summed E-state index contributed by atoms with van der Waals surface area (Å²) in [7, 11) is 0. The van der Waals surface area contributed by atoms with Crippen molar-refractivity contribution in [2.24, 2.45) is 35.0 Å². The smallest absolute Gasteiger partial charge is 0.130 e. The van der Waals surface area contributed by atoms with Crippen molar-refractivity contribution in [1.82, 2.24) is 0 Å². The maximum atomic E-state index is 11.0. The molecule has 3 saturated carbocycles. The second kappa shape index (κ2) is 5.34. The highest BCUT2D eigenvalue weighted by atomic mass is 16.3. The zero-order valence-corrected chi connectivity index (χ0v) is 14.8. The van der Waals surface area contributed by atoms with Crippen molar-refractivity contribution in [3.63, 3.8) is 0 Å². The van der Waals surface area contributed by atoms with Gasteiger partial charge in [-0.2, -0.15) is 0 Å². The molecule has 3 heteroatoms. The first-order valence-corrected chi connectivity index (χ1v) is 9.60. The first-order chi connectivity index (χ1) is 11.3. The first kappa shape index (κ1) is 16.6. The molecule has 0 aliphatic heterocycles. The summed E-state index contributed by atoms with van der Waals surface area (Å²) < 4.78 is 0. The van der Waals surface area contributed by atoms with Crippen LogP contribution in [0.1, 0.15) is 52.4 Å². The fraction of sp³-hybridized carbons (Fsp3) is 0.810. The molecule has 0 aromatic rings. The molecule has 132 valence electrons. The van der Waals surface area contributed by atoms with E-state index in [1.54, 1.807) is 0 Å². The third-order valence-corrected chi connectivity index (χ3v) is 8.33. The van der Waals surface area contributed by atoms with Gasteiger partial charge in [-0.15, -0.1) is 6.42 Å². The van der Waals surface area contributed by atoms with Gasteiger partial charge in [-0.3, -0.25) is 0 Å². The molecule has 4 aliphatic rings. The summed E-state index contributed by atoms with van der Waals surface area (Å²) in [5.74, 6) is 4.62. The molecule has 0 aromatic carbocycles. The van der Waals surface area contributed by atoms with Gasteiger partial charge in [0.1, 0.15) is 5.60 Å². The molecule has 0 spiro atoms. The standard InChI is InChI=1S/C21H30O3/c1-4-21(24)10-8-17-18-12(2)19(23)16-11-13(22)5-6-14(16)15(18)7-9-20(17,21)3/h1,11-15,17-19,22-24H,5-10H2,2-3H3/t12-,13+,14?,15+,17-,18+,19+,20-,21-/m0/s1. The molecule has 0 heterocycles. The van der Waals surface area contributed by atoms with Crippen molar-refractivity contribution in [2.45, 2.75) is 70.2 Å². The maximum Gasteiger partial charge on any atom is 0.130 e. The monoisotopic (exact) mass is 330 g/mol. The molecule has 0 saturated heterocycles. The summed E-state index contributed by atoms with van der Waals surface area (Å²) in [6.45, 7) is 4.33. The highest BCUT2D eigenvalue weighted by Crippen LogP contribution is 2.65. The Balaban J connectivity index is 1.73. The predicted octanol–water partition coefficient (Wildman–Crippen LogP) is 2.50. The average molecular weight is 330 g/mol. The van der Waals surface area contributed by atoms with Gasteiger partial charge >= 0.3 is 0 Å². The van der Waals surface area contributed by atoms with Gasteiger partial charge in [0.15, 0.2) is 0 Å². The highest BCUT2D eigenvalue weighted by Gasteiger charge is 2.64. The van der Waals surface area contributed by atoms with Crippen LogP contribution in [0.5, 0.6) is 0 Å². The minimum absolute atomic E-state index is 0.160. The first-order valence-electron chi connectivity index (χ1n) is 9.60. The number of hydrogen-bond acceptors (Lipinski definition) is 3. The van der Waals surface area contributed by atoms with Crippen LogP contribution in [-0.2, 0) is 0 Å². The Kier molecular flexibility index (Phi) is 3.70. The molecule has 1 unspecified atom stereocenters. The average Bonchev–Trinajstić information content (AvgIpc) is 2.84. The lowest BCUT2D eigenvalue weighted by Crippen LogP contribution is -2.56. The fourth-order valence-corrected chi connectivity index (χ4v) is 6.94. The van der Waals surface area contributed by atoms with Gasteiger partial charge in [0.25, 0.3) is 0 Å². The third kappa shape index (κ3) is 1.97. The van der Waals surface area contributed by atoms with E-state index in [0.717, 1.165) is 37.7 Å². The summed E-state index contributed by atoms with van der Waals surface area (Å²) in [6, 6.07) is 0. The van der Waals surface area contributed by atoms with E-state index in [2.05, 4.69) is 19.8 Å². The Bertz CT molecular complexity index is 605. The van der Waals surface area contributed by atoms with E-state index in [1.165, 1.54) is 0 Å². The molecule has 4 aliphatic carbocycles. The van der Waals surface area contributed by atoms with Crippen molar-refractivity contribution < 1.29 is 15.3 Å². The molecule has 0 bridgehead atoms. The molecule has 3 N–H and O–H groups in total. The van der Waals surface area contributed by atoms with Gasteiger partial charge in [-0.1, -0.05) is 25.8 Å². The Morgan fingerprint density at radius 2 is 1.92 bits per heavy atom. The summed E-state index contributed by atoms with van der Waals surface area (Å²) in [4.78, 5) is 0. The van der Waals surface area contributed by atoms with E-state index < -0.39 is 17.8 Å². The molecule has 9 atom stereocenters. The molecular weight excluding hydrogens is 300 g/mol. The van der Waals surface area contributed by atoms with Crippen molar-refractivity contribution in [1.29, 1.82) is 0 Å². The summed E-state index contributed by atoms with van der Waals surface area (Å²) >= 11 is 0. The van der Waals surface area contributed by atoms with Crippen LogP contribution < -0.4 is 0 Å². The molecule has 3 nitrogen and oxygen atoms in total. The normalized spacial score (nSPS) is 56.5. The lowest BCUT2D eigenvalue weighted by Gasteiger charge is -2.58. The highest BCUT2D eigenvalue weighted by molar-refractivity contribution is 5.28. The van der Waals surface area contributed by atoms with E-state index in [-0.39, 0.29) is 11.3 Å². The van der Waals surface area contributed by atoms with Crippen molar-refractivity contribution in [2.75, 3.05) is 0 Å². The fourth-order valence-electron chi connectivity index (χ4n) is 6.94. The molecule has 0 radical (unpaired) electrons. The minimum Gasteiger partial charge on any atom is -0.389 e. The third-order valence-electron chi connectivity index (χ3n) is 8.33. The number of fused-ring (bicyclic) bond motifs is 5. The largest absolute Gasteiger partial charge is 0.389 e. The van der Waals surface area contributed by atoms with Crippen LogP contribution in [0.3, 0.4) is 0 Å².